The van der Waals surface area contributed by atoms with E-state index < -0.39 is 33.7 Å². The second-order valence-electron chi connectivity index (χ2n) is 17.0. The van der Waals surface area contributed by atoms with Crippen LogP contribution < -0.4 is 18.9 Å². The minimum atomic E-state index is -4.78. The predicted molar refractivity (Wildman–Crippen MR) is 239 cm³/mol. The van der Waals surface area contributed by atoms with Crippen LogP contribution in [0.1, 0.15) is 279 Å². The van der Waals surface area contributed by atoms with E-state index in [9.17, 15) is 22.6 Å². The van der Waals surface area contributed by atoms with Gasteiger partial charge in [-0.25, -0.2) is 0 Å². The van der Waals surface area contributed by atoms with Crippen molar-refractivity contribution in [1.29, 1.82) is 0 Å². The summed E-state index contributed by atoms with van der Waals surface area (Å²) in [7, 11) is -4.78. The van der Waals surface area contributed by atoms with Gasteiger partial charge in [-0.3, -0.25) is 14.1 Å². The molecule has 7 nitrogen and oxygen atoms in total. The van der Waals surface area contributed by atoms with Crippen LogP contribution in [0.25, 0.3) is 0 Å². The fraction of sp³-hybridized carbons (Fsp3) is 0.958. The molecule has 0 heterocycles. The molecule has 1 unspecified atom stereocenters. The van der Waals surface area contributed by atoms with E-state index in [-0.39, 0.29) is 33.5 Å². The van der Waals surface area contributed by atoms with E-state index in [1.165, 1.54) is 212 Å². The third-order valence-electron chi connectivity index (χ3n) is 11.5. The molecule has 0 aliphatic heterocycles. The first-order valence-electron chi connectivity index (χ1n) is 24.6. The van der Waals surface area contributed by atoms with Crippen molar-refractivity contribution < 1.29 is 52.3 Å². The van der Waals surface area contributed by atoms with Crippen molar-refractivity contribution in [1.82, 2.24) is 0 Å². The zero-order chi connectivity index (χ0) is 41.1. The molecule has 0 saturated carbocycles. The molecule has 0 aromatic carbocycles. The van der Waals surface area contributed by atoms with Gasteiger partial charge in [-0.1, -0.05) is 258 Å². The summed E-state index contributed by atoms with van der Waals surface area (Å²) in [5.74, 6) is -1.89. The average Bonchev–Trinajstić information content (AvgIpc) is 3.17. The first kappa shape index (κ1) is 58.5. The van der Waals surface area contributed by atoms with Crippen molar-refractivity contribution in [3.8, 4) is 0 Å². The SMILES string of the molecule is CCCCCCCCCCCCCCCCCCCCCCOC(=O)CC(C(=O)OCCCCCCCCCCCCCCCCCCCCCC)S(=O)(=O)O.[H-].[Li+]. The van der Waals surface area contributed by atoms with Crippen LogP contribution in [-0.4, -0.2) is 43.4 Å². The Bertz CT molecular complexity index is 952. The van der Waals surface area contributed by atoms with Gasteiger partial charge >= 0.3 is 30.8 Å². The minimum absolute atomic E-state index is 0. The third-order valence-corrected chi connectivity index (χ3v) is 12.6. The van der Waals surface area contributed by atoms with Crippen LogP contribution in [0.3, 0.4) is 0 Å². The number of unbranched alkanes of at least 4 members (excludes halogenated alkanes) is 38. The molecule has 0 radical (unpaired) electrons. The van der Waals surface area contributed by atoms with Gasteiger partial charge in [-0.15, -0.1) is 0 Å². The van der Waals surface area contributed by atoms with Crippen LogP contribution in [0.15, 0.2) is 0 Å². The molecule has 0 aromatic rings. The monoisotopic (exact) mass is 823 g/mol. The van der Waals surface area contributed by atoms with E-state index in [4.69, 9.17) is 9.47 Å². The molecule has 1 atom stereocenters. The number of hydrogen-bond acceptors (Lipinski definition) is 6. The standard InChI is InChI=1S/C48H94O7S.Li.H/c1-3-5-7-9-11-13-15-17-19-21-23-25-27-29-31-33-35-37-39-41-43-54-47(49)45-46(56(51,52)53)48(50)55-44-42-40-38-36-34-32-30-28-26-24-22-20-18-16-14-12-10-8-6-4-2;;/h46H,3-45H2,1-2H3,(H,51,52,53);;/q;+1;-1. The summed E-state index contributed by atoms with van der Waals surface area (Å²) in [5.41, 5.74) is 0. The number of carbonyl (C=O) groups excluding carboxylic acids is 2. The first-order chi connectivity index (χ1) is 27.3. The van der Waals surface area contributed by atoms with Crippen LogP contribution in [-0.2, 0) is 29.2 Å². The van der Waals surface area contributed by atoms with Crippen LogP contribution in [0.5, 0.6) is 0 Å². The van der Waals surface area contributed by atoms with E-state index in [1.807, 2.05) is 0 Å². The molecular weight excluding hydrogens is 728 g/mol. The van der Waals surface area contributed by atoms with Crippen LogP contribution >= 0.6 is 0 Å². The summed E-state index contributed by atoms with van der Waals surface area (Å²) in [6, 6.07) is 0. The molecule has 0 amide bonds. The number of esters is 2. The molecule has 57 heavy (non-hydrogen) atoms. The molecule has 0 saturated heterocycles. The van der Waals surface area contributed by atoms with Gasteiger partial charge < -0.3 is 10.9 Å². The maximum Gasteiger partial charge on any atom is 1.00 e. The summed E-state index contributed by atoms with van der Waals surface area (Å²) in [4.78, 5) is 24.7. The van der Waals surface area contributed by atoms with E-state index in [2.05, 4.69) is 13.8 Å². The second-order valence-corrected chi connectivity index (χ2v) is 18.6. The van der Waals surface area contributed by atoms with Crippen molar-refractivity contribution in [2.24, 2.45) is 0 Å². The normalized spacial score (nSPS) is 12.1. The van der Waals surface area contributed by atoms with E-state index in [1.54, 1.807) is 0 Å². The Morgan fingerprint density at radius 1 is 0.404 bits per heavy atom. The molecule has 0 spiro atoms. The van der Waals surface area contributed by atoms with Gasteiger partial charge in [0.05, 0.1) is 19.6 Å². The summed E-state index contributed by atoms with van der Waals surface area (Å²) in [6.45, 7) is 4.82. The van der Waals surface area contributed by atoms with Gasteiger partial charge in [0.2, 0.25) is 0 Å². The van der Waals surface area contributed by atoms with E-state index in [0.717, 1.165) is 32.1 Å². The second kappa shape index (κ2) is 46.5. The van der Waals surface area contributed by atoms with E-state index >= 15 is 0 Å². The van der Waals surface area contributed by atoms with Crippen LogP contribution in [0, 0.1) is 0 Å². The zero-order valence-corrected chi connectivity index (χ0v) is 39.1. The van der Waals surface area contributed by atoms with Crippen molar-refractivity contribution in [2.45, 2.75) is 282 Å². The van der Waals surface area contributed by atoms with Crippen molar-refractivity contribution in [3.05, 3.63) is 0 Å². The summed E-state index contributed by atoms with van der Waals surface area (Å²) in [6.07, 6.45) is 50.6. The molecule has 9 heteroatoms. The fourth-order valence-corrected chi connectivity index (χ4v) is 8.34. The molecule has 0 aromatic heterocycles. The molecule has 0 fully saturated rings. The molecule has 336 valence electrons. The molecule has 0 rings (SSSR count). The van der Waals surface area contributed by atoms with Crippen LogP contribution in [0.4, 0.5) is 0 Å². The summed E-state index contributed by atoms with van der Waals surface area (Å²) in [5, 5.41) is -1.94. The molecule has 0 aliphatic carbocycles. The topological polar surface area (TPSA) is 107 Å². The molecule has 1 N–H and O–H groups in total. The van der Waals surface area contributed by atoms with Crippen molar-refractivity contribution in [3.63, 3.8) is 0 Å². The van der Waals surface area contributed by atoms with Gasteiger partial charge in [0.1, 0.15) is 0 Å². The zero-order valence-electron chi connectivity index (χ0n) is 39.3. The van der Waals surface area contributed by atoms with Gasteiger partial charge in [0.15, 0.2) is 5.25 Å². The first-order valence-corrected chi connectivity index (χ1v) is 26.1. The Morgan fingerprint density at radius 2 is 0.614 bits per heavy atom. The third kappa shape index (κ3) is 44.8. The largest absolute Gasteiger partial charge is 1.00 e. The molecule has 0 bridgehead atoms. The maximum atomic E-state index is 12.4. The Morgan fingerprint density at radius 3 is 0.842 bits per heavy atom. The number of rotatable bonds is 46. The quantitative estimate of drug-likeness (QED) is 0.0282. The minimum Gasteiger partial charge on any atom is -1.00 e. The predicted octanol–water partition coefficient (Wildman–Crippen LogP) is 12.5. The smallest absolute Gasteiger partial charge is 1.00 e. The maximum absolute atomic E-state index is 12.4. The number of carbonyl (C=O) groups is 2. The Labute approximate surface area is 368 Å². The van der Waals surface area contributed by atoms with Crippen LogP contribution in [0.2, 0.25) is 0 Å². The Hall–Kier alpha value is -0.553. The number of ether oxygens (including phenoxy) is 2. The average molecular weight is 823 g/mol. The molecule has 0 aliphatic rings. The molecular formula is C48H95LiO7S. The van der Waals surface area contributed by atoms with Gasteiger partial charge in [0, 0.05) is 0 Å². The summed E-state index contributed by atoms with van der Waals surface area (Å²) >= 11 is 0. The van der Waals surface area contributed by atoms with Gasteiger partial charge in [-0.2, -0.15) is 8.42 Å². The Balaban J connectivity index is -0.0000151. The van der Waals surface area contributed by atoms with Crippen molar-refractivity contribution >= 4 is 22.1 Å². The summed E-state index contributed by atoms with van der Waals surface area (Å²) < 4.78 is 43.6. The van der Waals surface area contributed by atoms with Gasteiger partial charge in [-0.05, 0) is 12.8 Å². The number of hydrogen-bond donors (Lipinski definition) is 1. The Kier molecular flexibility index (Phi) is 47.8. The van der Waals surface area contributed by atoms with Gasteiger partial charge in [0.25, 0.3) is 10.1 Å². The van der Waals surface area contributed by atoms with E-state index in [0.29, 0.717) is 12.8 Å². The fourth-order valence-electron chi connectivity index (χ4n) is 7.69. The van der Waals surface area contributed by atoms with Crippen molar-refractivity contribution in [2.75, 3.05) is 13.2 Å².